The molecule has 0 bridgehead atoms. The van der Waals surface area contributed by atoms with Gasteiger partial charge in [-0.3, -0.25) is 4.79 Å². The summed E-state index contributed by atoms with van der Waals surface area (Å²) in [6, 6.07) is 9.77. The number of carbonyl (C=O) groups excluding carboxylic acids is 1. The lowest BCUT2D eigenvalue weighted by Crippen LogP contribution is -2.15. The van der Waals surface area contributed by atoms with Gasteiger partial charge in [-0.1, -0.05) is 0 Å². The highest BCUT2D eigenvalue weighted by molar-refractivity contribution is 6.20. The Balaban J connectivity index is 0.000000233. The van der Waals surface area contributed by atoms with Crippen molar-refractivity contribution in [2.45, 2.75) is 25.8 Å². The number of fused-ring (bicyclic) bond motifs is 1. The van der Waals surface area contributed by atoms with E-state index in [1.165, 1.54) is 13.0 Å². The average molecular weight is 455 g/mol. The fourth-order valence-electron chi connectivity index (χ4n) is 3.08. The van der Waals surface area contributed by atoms with Crippen LogP contribution in [0.2, 0.25) is 0 Å². The van der Waals surface area contributed by atoms with Gasteiger partial charge >= 0.3 is 5.57 Å². The minimum atomic E-state index is -3.70. The van der Waals surface area contributed by atoms with Crippen LogP contribution in [0, 0.1) is 6.92 Å². The zero-order valence-corrected chi connectivity index (χ0v) is 18.5. The van der Waals surface area contributed by atoms with Crippen molar-refractivity contribution in [1.29, 1.82) is 0 Å². The van der Waals surface area contributed by atoms with Gasteiger partial charge in [-0.2, -0.15) is 0 Å². The number of H-pyrrole nitrogens is 1. The highest BCUT2D eigenvalue weighted by Crippen LogP contribution is 2.30. The van der Waals surface area contributed by atoms with Crippen LogP contribution in [-0.2, 0) is 6.42 Å². The summed E-state index contributed by atoms with van der Waals surface area (Å²) >= 11 is 4.74. The number of ketones is 1. The summed E-state index contributed by atoms with van der Waals surface area (Å²) in [4.78, 5) is 14.2. The lowest BCUT2D eigenvalue weighted by atomic mass is 10.1. The largest absolute Gasteiger partial charge is 0.493 e. The number of Topliss-reactive ketones (excluding diaryl/α,β-unsaturated/α-hetero) is 1. The van der Waals surface area contributed by atoms with Crippen molar-refractivity contribution < 1.29 is 27.8 Å². The summed E-state index contributed by atoms with van der Waals surface area (Å²) < 4.78 is 39.6. The molecule has 0 radical (unpaired) electrons. The summed E-state index contributed by atoms with van der Waals surface area (Å²) in [6.45, 7) is 3.92. The molecule has 168 valence electrons. The van der Waals surface area contributed by atoms with Crippen molar-refractivity contribution in [2.75, 3.05) is 20.8 Å². The van der Waals surface area contributed by atoms with Crippen LogP contribution in [0.25, 0.3) is 10.9 Å². The molecule has 31 heavy (non-hydrogen) atoms. The summed E-state index contributed by atoms with van der Waals surface area (Å²) in [5.74, 6) is 1.25. The molecule has 3 aromatic rings. The van der Waals surface area contributed by atoms with E-state index < -0.39 is 5.57 Å². The molecule has 0 aliphatic carbocycles. The second-order valence-corrected chi connectivity index (χ2v) is 7.09. The zero-order valence-electron chi connectivity index (χ0n) is 17.7. The molecule has 0 amide bonds. The molecule has 0 aliphatic rings. The number of rotatable bonds is 7. The normalized spacial score (nSPS) is 11.0. The Morgan fingerprint density at radius 3 is 2.35 bits per heavy atom. The van der Waals surface area contributed by atoms with E-state index in [0.29, 0.717) is 30.0 Å². The third kappa shape index (κ3) is 6.57. The van der Waals surface area contributed by atoms with E-state index >= 15 is 0 Å². The Labute approximate surface area is 184 Å². The van der Waals surface area contributed by atoms with Crippen molar-refractivity contribution in [1.82, 2.24) is 4.98 Å². The first kappa shape index (κ1) is 24.4. The van der Waals surface area contributed by atoms with Crippen LogP contribution in [-0.4, -0.2) is 37.1 Å². The lowest BCUT2D eigenvalue weighted by molar-refractivity contribution is -0.0964. The fraction of sp³-hybridized carbons (Fsp3) is 0.318. The number of hydrogen-bond acceptors (Lipinski definition) is 5. The first-order valence-electron chi connectivity index (χ1n) is 9.39. The molecule has 0 saturated carbocycles. The maximum Gasteiger partial charge on any atom is 0.487 e. The second-order valence-electron chi connectivity index (χ2n) is 6.65. The molecular formula is C22H25ClF2N2O4. The zero-order chi connectivity index (χ0) is 23.2. The standard InChI is InChI=1S/C12H13ClF2N2O.C10H12O3/c1-7-9(4-5-16)10-6-8(18-12(13,14)15)2-3-11(10)17-7;1-7(11)8-4-5-9(12-2)10(6-8)13-3/h2-3,6,17H,4-5,16H2,1H3;4-6H,1-3H3. The topological polar surface area (TPSA) is 86.6 Å². The fourth-order valence-corrected chi connectivity index (χ4v) is 3.17. The summed E-state index contributed by atoms with van der Waals surface area (Å²) in [5.41, 5.74) is 5.30. The van der Waals surface area contributed by atoms with Crippen molar-refractivity contribution in [3.05, 3.63) is 53.2 Å². The molecule has 2 aromatic carbocycles. The predicted octanol–water partition coefficient (Wildman–Crippen LogP) is 5.05. The van der Waals surface area contributed by atoms with Gasteiger partial charge in [0.15, 0.2) is 17.3 Å². The quantitative estimate of drug-likeness (QED) is 0.385. The number of nitrogens with two attached hydrogens (primary N) is 1. The van der Waals surface area contributed by atoms with Crippen LogP contribution in [0.3, 0.4) is 0 Å². The van der Waals surface area contributed by atoms with Gasteiger partial charge in [-0.15, -0.1) is 8.78 Å². The Kier molecular flexibility index (Phi) is 8.24. The number of nitrogens with one attached hydrogen (secondary N) is 1. The Morgan fingerprint density at radius 2 is 1.81 bits per heavy atom. The molecule has 0 aliphatic heterocycles. The van der Waals surface area contributed by atoms with E-state index in [1.807, 2.05) is 6.92 Å². The molecule has 0 atom stereocenters. The van der Waals surface area contributed by atoms with Crippen molar-refractivity contribution in [3.8, 4) is 17.2 Å². The molecule has 0 saturated heterocycles. The van der Waals surface area contributed by atoms with Crippen LogP contribution in [0.4, 0.5) is 8.78 Å². The van der Waals surface area contributed by atoms with Gasteiger partial charge in [-0.25, -0.2) is 0 Å². The number of ether oxygens (including phenoxy) is 3. The third-order valence-corrected chi connectivity index (χ3v) is 4.59. The maximum atomic E-state index is 12.6. The monoisotopic (exact) mass is 454 g/mol. The first-order valence-corrected chi connectivity index (χ1v) is 9.77. The van der Waals surface area contributed by atoms with Gasteiger partial charge in [0, 0.05) is 33.8 Å². The number of aromatic amines is 1. The predicted molar refractivity (Wildman–Crippen MR) is 117 cm³/mol. The van der Waals surface area contributed by atoms with Crippen LogP contribution < -0.4 is 19.9 Å². The van der Waals surface area contributed by atoms with Gasteiger partial charge < -0.3 is 24.9 Å². The molecule has 0 spiro atoms. The average Bonchev–Trinajstić information content (AvgIpc) is 3.01. The highest BCUT2D eigenvalue weighted by atomic mass is 35.5. The Hall–Kier alpha value is -2.84. The second kappa shape index (κ2) is 10.5. The summed E-state index contributed by atoms with van der Waals surface area (Å²) in [5, 5.41) is 0.830. The van der Waals surface area contributed by atoms with Crippen molar-refractivity contribution in [3.63, 3.8) is 0 Å². The van der Waals surface area contributed by atoms with Gasteiger partial charge in [0.05, 0.1) is 14.2 Å². The molecule has 1 heterocycles. The van der Waals surface area contributed by atoms with Gasteiger partial charge in [-0.05, 0) is 68.8 Å². The summed E-state index contributed by atoms with van der Waals surface area (Å²) in [7, 11) is 3.10. The van der Waals surface area contributed by atoms with E-state index in [1.54, 1.807) is 44.6 Å². The highest BCUT2D eigenvalue weighted by Gasteiger charge is 2.27. The molecule has 0 unspecified atom stereocenters. The minimum absolute atomic E-state index is 0.0148. The van der Waals surface area contributed by atoms with Crippen LogP contribution in [0.5, 0.6) is 17.2 Å². The Morgan fingerprint density at radius 1 is 1.13 bits per heavy atom. The first-order chi connectivity index (χ1) is 14.6. The molecule has 0 fully saturated rings. The third-order valence-electron chi connectivity index (χ3n) is 4.51. The maximum absolute atomic E-state index is 12.6. The number of hydrogen-bond donors (Lipinski definition) is 2. The number of carbonyl (C=O) groups is 1. The Bertz CT molecular complexity index is 1050. The number of aromatic nitrogens is 1. The SMILES string of the molecule is COc1ccc(C(C)=O)cc1OC.Cc1[nH]c2ccc(OC(F)(F)Cl)cc2c1CCN. The number of alkyl halides is 3. The molecule has 9 heteroatoms. The van der Waals surface area contributed by atoms with E-state index in [2.05, 4.69) is 9.72 Å². The van der Waals surface area contributed by atoms with Gasteiger partial charge in [0.1, 0.15) is 5.75 Å². The lowest BCUT2D eigenvalue weighted by Gasteiger charge is -2.10. The van der Waals surface area contributed by atoms with E-state index in [-0.39, 0.29) is 11.5 Å². The molecule has 1 aromatic heterocycles. The molecule has 6 nitrogen and oxygen atoms in total. The molecule has 3 rings (SSSR count). The molecule has 3 N–H and O–H groups in total. The van der Waals surface area contributed by atoms with E-state index in [0.717, 1.165) is 22.2 Å². The van der Waals surface area contributed by atoms with Gasteiger partial charge in [0.2, 0.25) is 0 Å². The number of halogens is 3. The van der Waals surface area contributed by atoms with Crippen LogP contribution in [0.15, 0.2) is 36.4 Å². The molecular weight excluding hydrogens is 430 g/mol. The smallest absolute Gasteiger partial charge is 0.487 e. The van der Waals surface area contributed by atoms with Crippen molar-refractivity contribution in [2.24, 2.45) is 5.73 Å². The number of methoxy groups -OCH3 is 2. The van der Waals surface area contributed by atoms with Gasteiger partial charge in [0.25, 0.3) is 0 Å². The van der Waals surface area contributed by atoms with Crippen molar-refractivity contribution >= 4 is 28.3 Å². The number of benzene rings is 2. The van der Waals surface area contributed by atoms with Crippen LogP contribution in [0.1, 0.15) is 28.5 Å². The number of aryl methyl sites for hydroxylation is 1. The van der Waals surface area contributed by atoms with E-state index in [9.17, 15) is 13.6 Å². The summed E-state index contributed by atoms with van der Waals surface area (Å²) in [6.07, 6.45) is 0.673. The minimum Gasteiger partial charge on any atom is -0.493 e. The van der Waals surface area contributed by atoms with Crippen LogP contribution >= 0.6 is 11.6 Å². The van der Waals surface area contributed by atoms with E-state index in [4.69, 9.17) is 26.8 Å².